The van der Waals surface area contributed by atoms with E-state index in [4.69, 9.17) is 21.1 Å². The fourth-order valence-electron chi connectivity index (χ4n) is 3.47. The summed E-state index contributed by atoms with van der Waals surface area (Å²) >= 11 is 7.64. The van der Waals surface area contributed by atoms with Crippen molar-refractivity contribution in [1.82, 2.24) is 10.7 Å². The van der Waals surface area contributed by atoms with Crippen molar-refractivity contribution in [3.05, 3.63) is 93.8 Å². The van der Waals surface area contributed by atoms with Crippen LogP contribution in [0.25, 0.3) is 10.1 Å². The van der Waals surface area contributed by atoms with Crippen LogP contribution in [0.5, 0.6) is 11.5 Å². The lowest BCUT2D eigenvalue weighted by molar-refractivity contribution is -0.120. The molecule has 0 unspecified atom stereocenters. The van der Waals surface area contributed by atoms with Crippen LogP contribution in [0.15, 0.2) is 77.9 Å². The van der Waals surface area contributed by atoms with Gasteiger partial charge < -0.3 is 14.8 Å². The van der Waals surface area contributed by atoms with Crippen molar-refractivity contribution in [3.63, 3.8) is 0 Å². The summed E-state index contributed by atoms with van der Waals surface area (Å²) in [6.45, 7) is 2.46. The molecule has 0 saturated heterocycles. The molecule has 0 atom stereocenters. The Kier molecular flexibility index (Phi) is 9.66. The van der Waals surface area contributed by atoms with E-state index in [1.165, 1.54) is 17.6 Å². The largest absolute Gasteiger partial charge is 0.494 e. The van der Waals surface area contributed by atoms with Crippen LogP contribution in [0.2, 0.25) is 5.02 Å². The summed E-state index contributed by atoms with van der Waals surface area (Å²) in [6, 6.07) is 20.9. The minimum atomic E-state index is -0.557. The molecule has 0 aliphatic carbocycles. The van der Waals surface area contributed by atoms with Gasteiger partial charge in [0.1, 0.15) is 16.4 Å². The monoisotopic (exact) mass is 563 g/mol. The number of halogens is 1. The number of hydrogen-bond acceptors (Lipinski definition) is 7. The lowest BCUT2D eigenvalue weighted by Crippen LogP contribution is -2.34. The average molecular weight is 564 g/mol. The molecule has 2 N–H and O–H groups in total. The van der Waals surface area contributed by atoms with Crippen molar-refractivity contribution in [3.8, 4) is 11.5 Å². The van der Waals surface area contributed by atoms with Crippen LogP contribution < -0.4 is 20.2 Å². The molecule has 0 aliphatic rings. The number of hydrogen-bond donors (Lipinski definition) is 2. The Morgan fingerprint density at radius 3 is 2.56 bits per heavy atom. The maximum absolute atomic E-state index is 12.7. The van der Waals surface area contributed by atoms with E-state index in [1.54, 1.807) is 48.5 Å². The van der Waals surface area contributed by atoms with E-state index in [0.717, 1.165) is 22.9 Å². The summed E-state index contributed by atoms with van der Waals surface area (Å²) in [5.74, 6) is -0.450. The molecule has 0 fully saturated rings. The van der Waals surface area contributed by atoms with E-state index >= 15 is 0 Å². The van der Waals surface area contributed by atoms with Gasteiger partial charge in [-0.3, -0.25) is 9.59 Å². The van der Waals surface area contributed by atoms with E-state index in [9.17, 15) is 14.4 Å². The molecule has 0 saturated carbocycles. The first kappa shape index (κ1) is 27.8. The van der Waals surface area contributed by atoms with E-state index in [1.807, 2.05) is 24.3 Å². The van der Waals surface area contributed by atoms with Crippen LogP contribution in [-0.4, -0.2) is 37.1 Å². The molecule has 200 valence electrons. The number of ether oxygens (including phenoxy) is 2. The quantitative estimate of drug-likeness (QED) is 0.0784. The predicted octanol–water partition coefficient (Wildman–Crippen LogP) is 5.83. The molecule has 4 aromatic rings. The van der Waals surface area contributed by atoms with Crippen molar-refractivity contribution < 1.29 is 23.9 Å². The lowest BCUT2D eigenvalue weighted by Gasteiger charge is -2.07. The maximum Gasteiger partial charge on any atom is 0.355 e. The van der Waals surface area contributed by atoms with Gasteiger partial charge in [0, 0.05) is 15.6 Å². The summed E-state index contributed by atoms with van der Waals surface area (Å²) in [4.78, 5) is 37.4. The van der Waals surface area contributed by atoms with Gasteiger partial charge in [-0.2, -0.15) is 5.10 Å². The van der Waals surface area contributed by atoms with Gasteiger partial charge in [-0.05, 0) is 54.4 Å². The van der Waals surface area contributed by atoms with Crippen LogP contribution >= 0.6 is 22.9 Å². The molecule has 39 heavy (non-hydrogen) atoms. The third kappa shape index (κ3) is 7.66. The van der Waals surface area contributed by atoms with Gasteiger partial charge in [0.2, 0.25) is 0 Å². The Balaban J connectivity index is 1.25. The van der Waals surface area contributed by atoms with Gasteiger partial charge in [0.25, 0.3) is 11.8 Å². The van der Waals surface area contributed by atoms with E-state index in [-0.39, 0.29) is 12.5 Å². The first-order valence-corrected chi connectivity index (χ1v) is 13.5. The molecule has 10 heteroatoms. The van der Waals surface area contributed by atoms with E-state index in [0.29, 0.717) is 39.1 Å². The molecule has 0 spiro atoms. The molecule has 1 heterocycles. The summed E-state index contributed by atoms with van der Waals surface area (Å²) in [6.07, 6.45) is 3.40. The molecule has 4 rings (SSSR count). The number of unbranched alkanes of at least 4 members (excludes halogenated alkanes) is 1. The van der Waals surface area contributed by atoms with Crippen LogP contribution in [-0.2, 0) is 4.79 Å². The number of fused-ring (bicyclic) bond motifs is 1. The number of esters is 1. The van der Waals surface area contributed by atoms with Gasteiger partial charge in [-0.1, -0.05) is 55.3 Å². The van der Waals surface area contributed by atoms with Gasteiger partial charge in [-0.25, -0.2) is 10.2 Å². The highest BCUT2D eigenvalue weighted by atomic mass is 35.5. The van der Waals surface area contributed by atoms with Crippen LogP contribution in [0.1, 0.15) is 45.4 Å². The minimum Gasteiger partial charge on any atom is -0.494 e. The zero-order valence-electron chi connectivity index (χ0n) is 21.1. The molecule has 2 amide bonds. The number of thiophene rings is 1. The molecular formula is C29H26ClN3O5S. The smallest absolute Gasteiger partial charge is 0.355 e. The van der Waals surface area contributed by atoms with Crippen molar-refractivity contribution in [2.24, 2.45) is 5.10 Å². The van der Waals surface area contributed by atoms with Crippen molar-refractivity contribution in [2.45, 2.75) is 19.8 Å². The Morgan fingerprint density at radius 1 is 1.00 bits per heavy atom. The highest BCUT2D eigenvalue weighted by molar-refractivity contribution is 7.21. The van der Waals surface area contributed by atoms with Crippen LogP contribution in [0, 0.1) is 0 Å². The fourth-order valence-corrected chi connectivity index (χ4v) is 4.86. The second-order valence-electron chi connectivity index (χ2n) is 8.41. The number of amides is 2. The molecule has 1 aromatic heterocycles. The molecule has 0 aliphatic heterocycles. The zero-order chi connectivity index (χ0) is 27.6. The average Bonchev–Trinajstić information content (AvgIpc) is 3.29. The second kappa shape index (κ2) is 13.5. The molecule has 0 radical (unpaired) electrons. The maximum atomic E-state index is 12.7. The summed E-state index contributed by atoms with van der Waals surface area (Å²) in [5, 5.41) is 7.62. The Hall–Kier alpha value is -4.21. The van der Waals surface area contributed by atoms with Gasteiger partial charge >= 0.3 is 5.97 Å². The van der Waals surface area contributed by atoms with Crippen molar-refractivity contribution in [2.75, 3.05) is 13.2 Å². The Labute approximate surface area is 234 Å². The SMILES string of the molecule is CCCCOc1ccc(C(=O)NCC(=O)NN=Cc2cccc(OC(=O)c3sc4ccccc4c3Cl)c2)cc1. The van der Waals surface area contributed by atoms with E-state index in [2.05, 4.69) is 22.8 Å². The number of benzene rings is 3. The topological polar surface area (TPSA) is 106 Å². The second-order valence-corrected chi connectivity index (χ2v) is 9.84. The Morgan fingerprint density at radius 2 is 1.79 bits per heavy atom. The predicted molar refractivity (Wildman–Crippen MR) is 153 cm³/mol. The summed E-state index contributed by atoms with van der Waals surface area (Å²) < 4.78 is 12.0. The van der Waals surface area contributed by atoms with Crippen molar-refractivity contribution >= 4 is 57.0 Å². The Bertz CT molecular complexity index is 1500. The van der Waals surface area contributed by atoms with E-state index < -0.39 is 11.9 Å². The number of nitrogens with one attached hydrogen (secondary N) is 2. The van der Waals surface area contributed by atoms with Crippen LogP contribution in [0.3, 0.4) is 0 Å². The van der Waals surface area contributed by atoms with Gasteiger partial charge in [0.05, 0.1) is 24.4 Å². The lowest BCUT2D eigenvalue weighted by atomic mass is 10.2. The highest BCUT2D eigenvalue weighted by Gasteiger charge is 2.19. The molecule has 3 aromatic carbocycles. The number of carbonyl (C=O) groups excluding carboxylic acids is 3. The first-order valence-electron chi connectivity index (χ1n) is 12.3. The zero-order valence-corrected chi connectivity index (χ0v) is 22.7. The normalized spacial score (nSPS) is 10.9. The third-order valence-corrected chi connectivity index (χ3v) is 7.14. The standard InChI is InChI=1S/C29H26ClN3O5S/c1-2-3-15-37-21-13-11-20(12-14-21)28(35)31-18-25(34)33-32-17-19-7-6-8-22(16-19)38-29(36)27-26(30)23-9-4-5-10-24(23)39-27/h4-14,16-17H,2-3,15,18H2,1H3,(H,31,35)(H,33,34). The van der Waals surface area contributed by atoms with Crippen molar-refractivity contribution in [1.29, 1.82) is 0 Å². The molecule has 0 bridgehead atoms. The molecule has 8 nitrogen and oxygen atoms in total. The third-order valence-electron chi connectivity index (χ3n) is 5.48. The highest BCUT2D eigenvalue weighted by Crippen LogP contribution is 2.35. The van der Waals surface area contributed by atoms with Gasteiger partial charge in [0.15, 0.2) is 0 Å². The number of nitrogens with zero attached hydrogens (tertiary/aromatic N) is 1. The first-order chi connectivity index (χ1) is 18.9. The summed E-state index contributed by atoms with van der Waals surface area (Å²) in [5.41, 5.74) is 3.36. The summed E-state index contributed by atoms with van der Waals surface area (Å²) in [7, 11) is 0. The minimum absolute atomic E-state index is 0.251. The number of rotatable bonds is 11. The fraction of sp³-hybridized carbons (Fsp3) is 0.172. The van der Waals surface area contributed by atoms with Crippen LogP contribution in [0.4, 0.5) is 0 Å². The van der Waals surface area contributed by atoms with Gasteiger partial charge in [-0.15, -0.1) is 11.3 Å². The molecular weight excluding hydrogens is 538 g/mol. The number of carbonyl (C=O) groups is 3. The number of hydrazone groups is 1.